The fourth-order valence-electron chi connectivity index (χ4n) is 6.30. The Morgan fingerprint density at radius 1 is 1.05 bits per heavy atom. The van der Waals surface area contributed by atoms with E-state index in [-0.39, 0.29) is 17.3 Å². The van der Waals surface area contributed by atoms with Crippen molar-refractivity contribution in [1.29, 1.82) is 5.26 Å². The Balaban J connectivity index is 1.25. The van der Waals surface area contributed by atoms with Gasteiger partial charge in [0.2, 0.25) is 5.91 Å². The quantitative estimate of drug-likeness (QED) is 0.184. The summed E-state index contributed by atoms with van der Waals surface area (Å²) in [5.74, 6) is 0.838. The second-order valence-corrected chi connectivity index (χ2v) is 12.3. The van der Waals surface area contributed by atoms with Gasteiger partial charge in [-0.15, -0.1) is 0 Å². The lowest BCUT2D eigenvalue weighted by atomic mass is 9.95. The van der Waals surface area contributed by atoms with E-state index in [0.29, 0.717) is 57.1 Å². The summed E-state index contributed by atoms with van der Waals surface area (Å²) in [6.07, 6.45) is 6.76. The lowest BCUT2D eigenvalue weighted by Gasteiger charge is -2.46. The molecule has 2 fully saturated rings. The minimum Gasteiger partial charge on any atom is -0.382 e. The molecular formula is C32H39N8O2S+. The van der Waals surface area contributed by atoms with Gasteiger partial charge < -0.3 is 16.4 Å². The van der Waals surface area contributed by atoms with Crippen LogP contribution < -0.4 is 16.4 Å². The number of quaternary nitrogens is 1. The number of aryl methyl sites for hydroxylation is 1. The molecule has 5 rings (SSSR count). The lowest BCUT2D eigenvalue weighted by Crippen LogP contribution is -2.63. The summed E-state index contributed by atoms with van der Waals surface area (Å²) in [7, 11) is 0. The maximum absolute atomic E-state index is 13.7. The van der Waals surface area contributed by atoms with Gasteiger partial charge >= 0.3 is 5.91 Å². The van der Waals surface area contributed by atoms with Gasteiger partial charge in [0.25, 0.3) is 0 Å². The molecule has 0 spiro atoms. The molecule has 0 bridgehead atoms. The maximum atomic E-state index is 13.7. The van der Waals surface area contributed by atoms with E-state index in [2.05, 4.69) is 26.7 Å². The predicted molar refractivity (Wildman–Crippen MR) is 168 cm³/mol. The number of benzene rings is 1. The molecule has 2 aromatic heterocycles. The topological polar surface area (TPSA) is 147 Å². The minimum absolute atomic E-state index is 0.115. The third-order valence-electron chi connectivity index (χ3n) is 8.43. The van der Waals surface area contributed by atoms with Crippen LogP contribution in [0.25, 0.3) is 11.3 Å². The first-order valence-corrected chi connectivity index (χ1v) is 16.0. The lowest BCUT2D eigenvalue weighted by molar-refractivity contribution is -0.885. The Hall–Kier alpha value is -3.85. The number of rotatable bonds is 9. The molecule has 0 saturated carbocycles. The van der Waals surface area contributed by atoms with Crippen molar-refractivity contribution in [1.82, 2.24) is 20.3 Å². The maximum Gasteiger partial charge on any atom is 0.314 e. The van der Waals surface area contributed by atoms with Crippen LogP contribution in [0.5, 0.6) is 0 Å². The molecular weight excluding hydrogens is 560 g/mol. The highest BCUT2D eigenvalue weighted by Crippen LogP contribution is 2.31. The van der Waals surface area contributed by atoms with E-state index in [1.54, 1.807) is 24.3 Å². The summed E-state index contributed by atoms with van der Waals surface area (Å²) < 4.78 is 0.660. The van der Waals surface area contributed by atoms with Gasteiger partial charge in [-0.3, -0.25) is 14.3 Å². The zero-order valence-electron chi connectivity index (χ0n) is 24.6. The standard InChI is InChI=1S/C32H38N8O2S/c1-22(41)36-25-10-8-23(9-11-25)30-28(20-33)31(34)39-32(38-30)43-21-26-7-5-6-24(37-26)12-13-29(42)40(18-3-2-4-19-40)27-14-16-35-17-15-27/h5-11,27,35H,2-4,12-19,21H2,1H3,(H2-,34,36,38,39,41)/p+1. The fraction of sp³-hybridized carbons (Fsp3) is 0.438. The molecule has 10 nitrogen and oxygen atoms in total. The molecule has 2 amide bonds. The summed E-state index contributed by atoms with van der Waals surface area (Å²) in [5, 5.41) is 16.3. The van der Waals surface area contributed by atoms with Gasteiger partial charge in [-0.25, -0.2) is 14.8 Å². The summed E-state index contributed by atoms with van der Waals surface area (Å²) >= 11 is 1.39. The molecule has 3 aromatic rings. The fourth-order valence-corrected chi connectivity index (χ4v) is 7.05. The van der Waals surface area contributed by atoms with Gasteiger partial charge in [0.15, 0.2) is 5.16 Å². The van der Waals surface area contributed by atoms with Gasteiger partial charge in [0.05, 0.1) is 36.9 Å². The van der Waals surface area contributed by atoms with Gasteiger partial charge in [-0.2, -0.15) is 5.26 Å². The molecule has 0 radical (unpaired) electrons. The van der Waals surface area contributed by atoms with Crippen LogP contribution in [-0.4, -0.2) is 63.5 Å². The molecule has 2 saturated heterocycles. The average Bonchev–Trinajstić information content (AvgIpc) is 3.03. The number of thioether (sulfide) groups is 1. The van der Waals surface area contributed by atoms with Gasteiger partial charge in [-0.05, 0) is 43.5 Å². The van der Waals surface area contributed by atoms with Crippen LogP contribution in [0.4, 0.5) is 11.5 Å². The largest absolute Gasteiger partial charge is 0.382 e. The molecule has 0 aliphatic carbocycles. The van der Waals surface area contributed by atoms with Gasteiger partial charge in [-0.1, -0.05) is 30.0 Å². The van der Waals surface area contributed by atoms with Crippen LogP contribution >= 0.6 is 11.8 Å². The van der Waals surface area contributed by atoms with E-state index in [1.807, 2.05) is 18.2 Å². The van der Waals surface area contributed by atoms with Crippen LogP contribution in [0.1, 0.15) is 62.4 Å². The number of nitrogens with zero attached hydrogens (tertiary/aromatic N) is 5. The van der Waals surface area contributed by atoms with Crippen LogP contribution in [-0.2, 0) is 21.8 Å². The van der Waals surface area contributed by atoms with Crippen LogP contribution in [0.15, 0.2) is 47.6 Å². The second kappa shape index (κ2) is 14.1. The number of nitrogens with two attached hydrogens (primary N) is 1. The van der Waals surface area contributed by atoms with E-state index in [0.717, 1.165) is 63.3 Å². The Bertz CT molecular complexity index is 1490. The molecule has 0 atom stereocenters. The number of carbonyl (C=O) groups excluding carboxylic acids is 2. The number of amides is 2. The summed E-state index contributed by atoms with van der Waals surface area (Å²) in [5.41, 5.74) is 9.93. The number of nitrogens with one attached hydrogen (secondary N) is 2. The zero-order valence-corrected chi connectivity index (χ0v) is 25.5. The van der Waals surface area contributed by atoms with Gasteiger partial charge in [0, 0.05) is 62.0 Å². The number of pyridine rings is 1. The van der Waals surface area contributed by atoms with Crippen LogP contribution in [0.2, 0.25) is 0 Å². The molecule has 224 valence electrons. The van der Waals surface area contributed by atoms with Crippen LogP contribution in [0, 0.1) is 11.3 Å². The van der Waals surface area contributed by atoms with Gasteiger partial charge in [0.1, 0.15) is 17.5 Å². The summed E-state index contributed by atoms with van der Waals surface area (Å²) in [6, 6.07) is 15.6. The predicted octanol–water partition coefficient (Wildman–Crippen LogP) is 4.46. The minimum atomic E-state index is -0.163. The SMILES string of the molecule is CC(=O)Nc1ccc(-c2nc(SCc3cccc(CCC(=O)[N+]4(C5CCNCC5)CCCCC4)n3)nc(N)c2C#N)cc1. The highest BCUT2D eigenvalue weighted by Gasteiger charge is 2.44. The Labute approximate surface area is 257 Å². The molecule has 0 unspecified atom stereocenters. The Morgan fingerprint density at radius 2 is 1.77 bits per heavy atom. The van der Waals surface area contributed by atoms with Crippen molar-refractivity contribution < 1.29 is 14.1 Å². The van der Waals surface area contributed by atoms with E-state index < -0.39 is 0 Å². The van der Waals surface area contributed by atoms with Crippen molar-refractivity contribution in [2.75, 3.05) is 37.2 Å². The third kappa shape index (κ3) is 7.39. The van der Waals surface area contributed by atoms with E-state index >= 15 is 0 Å². The number of likely N-dealkylation sites (tertiary alicyclic amines) is 1. The molecule has 43 heavy (non-hydrogen) atoms. The average molecular weight is 600 g/mol. The van der Waals surface area contributed by atoms with Crippen molar-refractivity contribution in [2.24, 2.45) is 0 Å². The molecule has 4 heterocycles. The molecule has 1 aromatic carbocycles. The third-order valence-corrected chi connectivity index (χ3v) is 9.32. The highest BCUT2D eigenvalue weighted by molar-refractivity contribution is 7.98. The summed E-state index contributed by atoms with van der Waals surface area (Å²) in [6.45, 7) is 5.40. The molecule has 2 aliphatic rings. The number of hydrogen-bond donors (Lipinski definition) is 3. The van der Waals surface area contributed by atoms with Crippen LogP contribution in [0.3, 0.4) is 0 Å². The first kappa shape index (κ1) is 30.6. The van der Waals surface area contributed by atoms with Crippen molar-refractivity contribution in [3.8, 4) is 17.3 Å². The zero-order chi connectivity index (χ0) is 30.2. The van der Waals surface area contributed by atoms with Crippen molar-refractivity contribution in [3.63, 3.8) is 0 Å². The Morgan fingerprint density at radius 3 is 2.47 bits per heavy atom. The summed E-state index contributed by atoms with van der Waals surface area (Å²) in [4.78, 5) is 38.9. The van der Waals surface area contributed by atoms with Crippen molar-refractivity contribution in [3.05, 3.63) is 59.4 Å². The van der Waals surface area contributed by atoms with Crippen molar-refractivity contribution >= 4 is 35.1 Å². The highest BCUT2D eigenvalue weighted by atomic mass is 32.2. The number of aromatic nitrogens is 3. The number of anilines is 2. The van der Waals surface area contributed by atoms with Crippen molar-refractivity contribution in [2.45, 2.75) is 68.8 Å². The van der Waals surface area contributed by atoms with E-state index in [1.165, 1.54) is 25.1 Å². The number of nitrogen functional groups attached to an aromatic ring is 1. The molecule has 11 heteroatoms. The number of carbonyl (C=O) groups is 2. The smallest absolute Gasteiger partial charge is 0.314 e. The number of hydrogen-bond acceptors (Lipinski definition) is 9. The first-order chi connectivity index (χ1) is 20.9. The molecule has 4 N–H and O–H groups in total. The number of piperidine rings is 2. The van der Waals surface area contributed by atoms with E-state index in [4.69, 9.17) is 10.7 Å². The normalized spacial score (nSPS) is 16.7. The first-order valence-electron chi connectivity index (χ1n) is 15.0. The monoisotopic (exact) mass is 599 g/mol. The van der Waals surface area contributed by atoms with E-state index in [9.17, 15) is 14.9 Å². The Kier molecular flexibility index (Phi) is 10.0. The molecule has 2 aliphatic heterocycles. The number of nitriles is 1. The second-order valence-electron chi connectivity index (χ2n) is 11.3.